The van der Waals surface area contributed by atoms with Gasteiger partial charge in [-0.3, -0.25) is 0 Å². The summed E-state index contributed by atoms with van der Waals surface area (Å²) in [6.45, 7) is 0.189. The first-order chi connectivity index (χ1) is 5.33. The number of hydrogen-bond acceptors (Lipinski definition) is 1. The molecule has 0 spiro atoms. The topological polar surface area (TPSA) is 20.2 Å². The van der Waals surface area contributed by atoms with Crippen molar-refractivity contribution in [3.05, 3.63) is 35.9 Å². The van der Waals surface area contributed by atoms with Crippen molar-refractivity contribution in [2.45, 2.75) is 11.2 Å². The van der Waals surface area contributed by atoms with Gasteiger partial charge >= 0.3 is 0 Å². The molecule has 1 nitrogen and oxygen atoms in total. The van der Waals surface area contributed by atoms with Crippen molar-refractivity contribution in [2.24, 2.45) is 0 Å². The first-order valence-electron chi connectivity index (χ1n) is 3.62. The van der Waals surface area contributed by atoms with Crippen LogP contribution in [-0.4, -0.2) is 16.5 Å². The quantitative estimate of drug-likeness (QED) is 0.764. The summed E-state index contributed by atoms with van der Waals surface area (Å²) in [7, 11) is 0. The number of halogens is 1. The molecule has 0 saturated carbocycles. The molecule has 1 aromatic carbocycles. The third-order valence-electron chi connectivity index (χ3n) is 1.50. The highest BCUT2D eigenvalue weighted by atomic mass is 79.9. The molecule has 0 heterocycles. The summed E-state index contributed by atoms with van der Waals surface area (Å²) >= 11 is 3.36. The molecule has 0 amide bonds. The Kier molecular flexibility index (Phi) is 3.60. The maximum Gasteiger partial charge on any atom is 0.0559 e. The summed E-state index contributed by atoms with van der Waals surface area (Å²) < 4.78 is 0. The molecule has 2 heteroatoms. The van der Waals surface area contributed by atoms with Crippen LogP contribution in [0.15, 0.2) is 30.3 Å². The molecular weight excluding hydrogens is 204 g/mol. The molecule has 1 unspecified atom stereocenters. The van der Waals surface area contributed by atoms with E-state index < -0.39 is 0 Å². The van der Waals surface area contributed by atoms with E-state index in [0.717, 1.165) is 6.42 Å². The Morgan fingerprint density at radius 1 is 1.27 bits per heavy atom. The molecule has 0 radical (unpaired) electrons. The van der Waals surface area contributed by atoms with Crippen LogP contribution < -0.4 is 0 Å². The fraction of sp³-hybridized carbons (Fsp3) is 0.333. The van der Waals surface area contributed by atoms with Crippen LogP contribution >= 0.6 is 15.9 Å². The monoisotopic (exact) mass is 214 g/mol. The van der Waals surface area contributed by atoms with Crippen LogP contribution in [0.25, 0.3) is 0 Å². The lowest BCUT2D eigenvalue weighted by atomic mass is 10.1. The van der Waals surface area contributed by atoms with E-state index in [1.807, 2.05) is 18.2 Å². The van der Waals surface area contributed by atoms with Crippen LogP contribution in [-0.2, 0) is 6.42 Å². The summed E-state index contributed by atoms with van der Waals surface area (Å²) in [5.74, 6) is 0. The molecule has 0 aliphatic rings. The van der Waals surface area contributed by atoms with Crippen LogP contribution in [0.5, 0.6) is 0 Å². The number of aliphatic hydroxyl groups excluding tert-OH is 1. The summed E-state index contributed by atoms with van der Waals surface area (Å²) in [6.07, 6.45) is 0.886. The van der Waals surface area contributed by atoms with E-state index in [4.69, 9.17) is 5.11 Å². The van der Waals surface area contributed by atoms with Gasteiger partial charge in [0.2, 0.25) is 0 Å². The smallest absolute Gasteiger partial charge is 0.0559 e. The highest BCUT2D eigenvalue weighted by Crippen LogP contribution is 2.08. The van der Waals surface area contributed by atoms with Crippen molar-refractivity contribution in [1.82, 2.24) is 0 Å². The molecule has 1 rings (SSSR count). The average Bonchev–Trinajstić information content (AvgIpc) is 2.06. The predicted octanol–water partition coefficient (Wildman–Crippen LogP) is 1.98. The fourth-order valence-electron chi connectivity index (χ4n) is 0.934. The Balaban J connectivity index is 2.51. The van der Waals surface area contributed by atoms with Gasteiger partial charge in [0.15, 0.2) is 0 Å². The average molecular weight is 215 g/mol. The summed E-state index contributed by atoms with van der Waals surface area (Å²) in [5, 5.41) is 8.75. The molecule has 1 atom stereocenters. The van der Waals surface area contributed by atoms with Crippen LogP contribution in [0, 0.1) is 0 Å². The largest absolute Gasteiger partial charge is 0.395 e. The van der Waals surface area contributed by atoms with E-state index in [1.54, 1.807) is 0 Å². The van der Waals surface area contributed by atoms with Crippen LogP contribution in [0.1, 0.15) is 5.56 Å². The van der Waals surface area contributed by atoms with Crippen LogP contribution in [0.2, 0.25) is 0 Å². The zero-order chi connectivity index (χ0) is 8.10. The number of benzene rings is 1. The minimum atomic E-state index is 0.185. The molecule has 0 aliphatic heterocycles. The third kappa shape index (κ3) is 3.04. The van der Waals surface area contributed by atoms with Gasteiger partial charge in [-0.25, -0.2) is 0 Å². The first kappa shape index (κ1) is 8.75. The van der Waals surface area contributed by atoms with Gasteiger partial charge in [0.1, 0.15) is 0 Å². The maximum atomic E-state index is 8.75. The summed E-state index contributed by atoms with van der Waals surface area (Å²) in [4.78, 5) is 0.185. The Morgan fingerprint density at radius 2 is 1.91 bits per heavy atom. The second-order valence-corrected chi connectivity index (χ2v) is 3.76. The molecule has 0 saturated heterocycles. The number of alkyl halides is 1. The van der Waals surface area contributed by atoms with Crippen molar-refractivity contribution >= 4 is 15.9 Å². The Bertz CT molecular complexity index is 198. The summed E-state index contributed by atoms with van der Waals surface area (Å²) in [6, 6.07) is 10.1. The molecule has 1 N–H and O–H groups in total. The Morgan fingerprint density at radius 3 is 2.45 bits per heavy atom. The second-order valence-electron chi connectivity index (χ2n) is 2.47. The normalized spacial score (nSPS) is 12.9. The van der Waals surface area contributed by atoms with E-state index in [2.05, 4.69) is 28.1 Å². The van der Waals surface area contributed by atoms with E-state index in [-0.39, 0.29) is 11.4 Å². The third-order valence-corrected chi connectivity index (χ3v) is 2.11. The van der Waals surface area contributed by atoms with Gasteiger partial charge in [-0.05, 0) is 12.0 Å². The predicted molar refractivity (Wildman–Crippen MR) is 49.9 cm³/mol. The minimum Gasteiger partial charge on any atom is -0.395 e. The molecule has 1 aromatic rings. The van der Waals surface area contributed by atoms with Crippen molar-refractivity contribution in [3.63, 3.8) is 0 Å². The van der Waals surface area contributed by atoms with Crippen molar-refractivity contribution in [2.75, 3.05) is 6.61 Å². The fourth-order valence-corrected chi connectivity index (χ4v) is 1.31. The lowest BCUT2D eigenvalue weighted by Crippen LogP contribution is -2.07. The van der Waals surface area contributed by atoms with Crippen LogP contribution in [0.3, 0.4) is 0 Å². The van der Waals surface area contributed by atoms with E-state index in [0.29, 0.717) is 0 Å². The zero-order valence-electron chi connectivity index (χ0n) is 6.20. The minimum absolute atomic E-state index is 0.185. The van der Waals surface area contributed by atoms with E-state index in [1.165, 1.54) is 5.56 Å². The van der Waals surface area contributed by atoms with Crippen LogP contribution in [0.4, 0.5) is 0 Å². The number of hydrogen-bond donors (Lipinski definition) is 1. The molecule has 0 aliphatic carbocycles. The molecule has 0 bridgehead atoms. The van der Waals surface area contributed by atoms with E-state index >= 15 is 0 Å². The van der Waals surface area contributed by atoms with Gasteiger partial charge in [0.25, 0.3) is 0 Å². The lowest BCUT2D eigenvalue weighted by Gasteiger charge is -2.04. The highest BCUT2D eigenvalue weighted by molar-refractivity contribution is 9.09. The SMILES string of the molecule is OCC(Br)Cc1ccccc1. The highest BCUT2D eigenvalue weighted by Gasteiger charge is 2.01. The van der Waals surface area contributed by atoms with Gasteiger partial charge in [-0.1, -0.05) is 46.3 Å². The van der Waals surface area contributed by atoms with E-state index in [9.17, 15) is 0 Å². The molecule has 60 valence electrons. The van der Waals surface area contributed by atoms with Gasteiger partial charge in [0, 0.05) is 4.83 Å². The molecule has 0 aromatic heterocycles. The zero-order valence-corrected chi connectivity index (χ0v) is 7.79. The van der Waals surface area contributed by atoms with Crippen molar-refractivity contribution in [3.8, 4) is 0 Å². The van der Waals surface area contributed by atoms with Gasteiger partial charge in [-0.15, -0.1) is 0 Å². The second kappa shape index (κ2) is 4.52. The Hall–Kier alpha value is -0.340. The molecule has 0 fully saturated rings. The first-order valence-corrected chi connectivity index (χ1v) is 4.53. The standard InChI is InChI=1S/C9H11BrO/c10-9(7-11)6-8-4-2-1-3-5-8/h1-5,9,11H,6-7H2. The molecular formula is C9H11BrO. The Labute approximate surface area is 75.2 Å². The van der Waals surface area contributed by atoms with Gasteiger partial charge in [-0.2, -0.15) is 0 Å². The van der Waals surface area contributed by atoms with Crippen molar-refractivity contribution in [1.29, 1.82) is 0 Å². The lowest BCUT2D eigenvalue weighted by molar-refractivity contribution is 0.296. The van der Waals surface area contributed by atoms with Crippen molar-refractivity contribution < 1.29 is 5.11 Å². The van der Waals surface area contributed by atoms with Gasteiger partial charge in [0.05, 0.1) is 6.61 Å². The number of aliphatic hydroxyl groups is 1. The summed E-state index contributed by atoms with van der Waals surface area (Å²) in [5.41, 5.74) is 1.25. The van der Waals surface area contributed by atoms with Gasteiger partial charge < -0.3 is 5.11 Å². The number of rotatable bonds is 3. The molecule has 11 heavy (non-hydrogen) atoms. The maximum absolute atomic E-state index is 8.75.